The minimum absolute atomic E-state index is 0.0937. The average molecular weight is 394 g/mol. The number of nitrogens with one attached hydrogen (secondary N) is 2. The van der Waals surface area contributed by atoms with E-state index in [2.05, 4.69) is 10.0 Å². The van der Waals surface area contributed by atoms with E-state index in [4.69, 9.17) is 4.74 Å². The molecular weight excluding hydrogens is 380 g/mol. The lowest BCUT2D eigenvalue weighted by Crippen LogP contribution is -2.30. The van der Waals surface area contributed by atoms with Gasteiger partial charge in [-0.2, -0.15) is 0 Å². The van der Waals surface area contributed by atoms with Gasteiger partial charge < -0.3 is 10.1 Å². The maximum Gasteiger partial charge on any atom is 0.262 e. The Hall–Kier alpha value is -2.43. The Balaban J connectivity index is 1.67. The molecule has 10 heteroatoms. The van der Waals surface area contributed by atoms with Gasteiger partial charge in [0.2, 0.25) is 10.0 Å². The van der Waals surface area contributed by atoms with Crippen LogP contribution in [0.2, 0.25) is 0 Å². The molecule has 0 saturated carbocycles. The monoisotopic (exact) mass is 394 g/mol. The Kier molecular flexibility index (Phi) is 3.79. The van der Waals surface area contributed by atoms with E-state index in [1.807, 2.05) is 0 Å². The molecule has 2 aromatic rings. The van der Waals surface area contributed by atoms with Crippen LogP contribution in [0.25, 0.3) is 0 Å². The summed E-state index contributed by atoms with van der Waals surface area (Å²) in [6.45, 7) is -0.131. The fourth-order valence-electron chi connectivity index (χ4n) is 3.03. The molecule has 0 fully saturated rings. The van der Waals surface area contributed by atoms with E-state index in [1.54, 1.807) is 18.2 Å². The van der Waals surface area contributed by atoms with Gasteiger partial charge in [-0.05, 0) is 29.8 Å². The number of anilines is 1. The number of amides is 1. The number of sulfone groups is 1. The largest absolute Gasteiger partial charge is 0.482 e. The lowest BCUT2D eigenvalue weighted by atomic mass is 10.1. The summed E-state index contributed by atoms with van der Waals surface area (Å²) in [5.74, 6) is -0.343. The molecule has 136 valence electrons. The third kappa shape index (κ3) is 2.85. The Morgan fingerprint density at radius 2 is 1.92 bits per heavy atom. The van der Waals surface area contributed by atoms with Crippen molar-refractivity contribution in [2.75, 3.05) is 17.7 Å². The van der Waals surface area contributed by atoms with E-state index in [9.17, 15) is 21.6 Å². The van der Waals surface area contributed by atoms with E-state index in [-0.39, 0.29) is 33.7 Å². The van der Waals surface area contributed by atoms with Crippen molar-refractivity contribution in [1.29, 1.82) is 0 Å². The van der Waals surface area contributed by atoms with E-state index < -0.39 is 25.9 Å². The van der Waals surface area contributed by atoms with Crippen molar-refractivity contribution in [3.05, 3.63) is 48.0 Å². The second-order valence-electron chi connectivity index (χ2n) is 5.99. The fourth-order valence-corrected chi connectivity index (χ4v) is 6.12. The molecule has 0 aromatic heterocycles. The first-order valence-electron chi connectivity index (χ1n) is 7.67. The summed E-state index contributed by atoms with van der Waals surface area (Å²) in [6.07, 6.45) is 0. The van der Waals surface area contributed by atoms with Crippen molar-refractivity contribution in [3.8, 4) is 5.75 Å². The van der Waals surface area contributed by atoms with Crippen LogP contribution >= 0.6 is 0 Å². The molecule has 0 aliphatic carbocycles. The third-order valence-corrected chi connectivity index (χ3v) is 7.49. The van der Waals surface area contributed by atoms with E-state index >= 15 is 0 Å². The Labute approximate surface area is 150 Å². The molecule has 2 aliphatic heterocycles. The molecule has 0 bridgehead atoms. The summed E-state index contributed by atoms with van der Waals surface area (Å²) in [4.78, 5) is 11.5. The molecule has 2 aromatic carbocycles. The molecule has 1 atom stereocenters. The van der Waals surface area contributed by atoms with E-state index in [1.165, 1.54) is 24.3 Å². The first-order chi connectivity index (χ1) is 12.3. The number of fused-ring (bicyclic) bond motifs is 2. The smallest absolute Gasteiger partial charge is 0.262 e. The van der Waals surface area contributed by atoms with Gasteiger partial charge in [0.1, 0.15) is 5.75 Å². The molecule has 0 spiro atoms. The first kappa shape index (κ1) is 17.0. The molecule has 2 N–H and O–H groups in total. The van der Waals surface area contributed by atoms with Crippen LogP contribution in [0.15, 0.2) is 52.3 Å². The highest BCUT2D eigenvalue weighted by molar-refractivity contribution is 7.92. The molecule has 4 rings (SSSR count). The van der Waals surface area contributed by atoms with Gasteiger partial charge in [-0.1, -0.05) is 18.2 Å². The third-order valence-electron chi connectivity index (χ3n) is 4.21. The zero-order chi connectivity index (χ0) is 18.5. The zero-order valence-electron chi connectivity index (χ0n) is 13.3. The number of sulfonamides is 1. The summed E-state index contributed by atoms with van der Waals surface area (Å²) in [5.41, 5.74) is 0.675. The Morgan fingerprint density at radius 1 is 1.15 bits per heavy atom. The standard InChI is InChI=1S/C16H14N2O6S2/c19-16-8-24-14-6-5-10(7-12(14)17-16)26(22,23)18-13-9-25(20,21)15-4-2-1-3-11(13)15/h1-7,13,18H,8-9H2,(H,17,19). The van der Waals surface area contributed by atoms with Crippen molar-refractivity contribution >= 4 is 31.5 Å². The SMILES string of the molecule is O=C1COc2ccc(S(=O)(=O)NC3CS(=O)(=O)c4ccccc43)cc2N1. The van der Waals surface area contributed by atoms with Gasteiger partial charge in [-0.3, -0.25) is 4.79 Å². The fraction of sp³-hybridized carbons (Fsp3) is 0.188. The number of ether oxygens (including phenoxy) is 1. The molecule has 1 unspecified atom stereocenters. The summed E-state index contributed by atoms with van der Waals surface area (Å²) in [5, 5.41) is 2.54. The van der Waals surface area contributed by atoms with Gasteiger partial charge in [0, 0.05) is 0 Å². The highest BCUT2D eigenvalue weighted by Crippen LogP contribution is 2.35. The second kappa shape index (κ2) is 5.79. The van der Waals surface area contributed by atoms with Gasteiger partial charge in [-0.25, -0.2) is 21.6 Å². The summed E-state index contributed by atoms with van der Waals surface area (Å²) >= 11 is 0. The first-order valence-corrected chi connectivity index (χ1v) is 10.8. The second-order valence-corrected chi connectivity index (χ2v) is 9.70. The molecule has 2 aliphatic rings. The predicted molar refractivity (Wildman–Crippen MR) is 92.1 cm³/mol. The van der Waals surface area contributed by atoms with Crippen LogP contribution in [0, 0.1) is 0 Å². The molecule has 0 radical (unpaired) electrons. The van der Waals surface area contributed by atoms with Gasteiger partial charge >= 0.3 is 0 Å². The molecular formula is C16H14N2O6S2. The van der Waals surface area contributed by atoms with E-state index in [0.717, 1.165) is 0 Å². The van der Waals surface area contributed by atoms with Crippen LogP contribution in [0.1, 0.15) is 11.6 Å². The van der Waals surface area contributed by atoms with Gasteiger partial charge in [0.05, 0.1) is 27.3 Å². The zero-order valence-corrected chi connectivity index (χ0v) is 14.9. The highest BCUT2D eigenvalue weighted by Gasteiger charge is 2.37. The summed E-state index contributed by atoms with van der Waals surface area (Å²) in [6, 6.07) is 9.51. The van der Waals surface area contributed by atoms with Crippen LogP contribution in [0.3, 0.4) is 0 Å². The van der Waals surface area contributed by atoms with Crippen molar-refractivity contribution in [2.45, 2.75) is 15.8 Å². The Bertz CT molecular complexity index is 1130. The van der Waals surface area contributed by atoms with Crippen LogP contribution in [-0.2, 0) is 24.7 Å². The van der Waals surface area contributed by atoms with Crippen molar-refractivity contribution < 1.29 is 26.4 Å². The molecule has 0 saturated heterocycles. The maximum absolute atomic E-state index is 12.7. The quantitative estimate of drug-likeness (QED) is 0.796. The molecule has 26 heavy (non-hydrogen) atoms. The lowest BCUT2D eigenvalue weighted by Gasteiger charge is -2.19. The Morgan fingerprint density at radius 3 is 2.73 bits per heavy atom. The summed E-state index contributed by atoms with van der Waals surface area (Å²) < 4.78 is 57.5. The molecule has 1 amide bonds. The number of carbonyl (C=O) groups excluding carboxylic acids is 1. The van der Waals surface area contributed by atoms with Crippen molar-refractivity contribution in [2.24, 2.45) is 0 Å². The minimum Gasteiger partial charge on any atom is -0.482 e. The van der Waals surface area contributed by atoms with Crippen LogP contribution in [0.5, 0.6) is 5.75 Å². The van der Waals surface area contributed by atoms with Crippen molar-refractivity contribution in [1.82, 2.24) is 4.72 Å². The van der Waals surface area contributed by atoms with E-state index in [0.29, 0.717) is 11.3 Å². The minimum atomic E-state index is -4.01. The van der Waals surface area contributed by atoms with Gasteiger partial charge in [0.15, 0.2) is 16.4 Å². The lowest BCUT2D eigenvalue weighted by molar-refractivity contribution is -0.118. The topological polar surface area (TPSA) is 119 Å². The highest BCUT2D eigenvalue weighted by atomic mass is 32.2. The van der Waals surface area contributed by atoms with Gasteiger partial charge in [-0.15, -0.1) is 0 Å². The number of carbonyl (C=O) groups is 1. The number of rotatable bonds is 3. The summed E-state index contributed by atoms with van der Waals surface area (Å²) in [7, 11) is -7.54. The van der Waals surface area contributed by atoms with Crippen molar-refractivity contribution in [3.63, 3.8) is 0 Å². The average Bonchev–Trinajstić information content (AvgIpc) is 2.84. The predicted octanol–water partition coefficient (Wildman–Crippen LogP) is 0.824. The van der Waals surface area contributed by atoms with Crippen LogP contribution < -0.4 is 14.8 Å². The number of hydrogen-bond donors (Lipinski definition) is 2. The molecule has 8 nitrogen and oxygen atoms in total. The molecule has 2 heterocycles. The number of benzene rings is 2. The van der Waals surface area contributed by atoms with Crippen LogP contribution in [-0.4, -0.2) is 35.1 Å². The normalized spacial score (nSPS) is 20.6. The maximum atomic E-state index is 12.7. The van der Waals surface area contributed by atoms with Crippen LogP contribution in [0.4, 0.5) is 5.69 Å². The number of hydrogen-bond acceptors (Lipinski definition) is 6. The van der Waals surface area contributed by atoms with Gasteiger partial charge in [0.25, 0.3) is 5.91 Å².